The maximum Gasteiger partial charge on any atom is 0.191 e. The molecule has 1 rings (SSSR count). The van der Waals surface area contributed by atoms with Crippen LogP contribution in [0.4, 0.5) is 0 Å². The molecule has 0 amide bonds. The van der Waals surface area contributed by atoms with Crippen molar-refractivity contribution < 1.29 is 4.74 Å². The summed E-state index contributed by atoms with van der Waals surface area (Å²) in [7, 11) is 1.79. The smallest absolute Gasteiger partial charge is 0.191 e. The number of aliphatic imine (C=N–C) groups is 1. The molecule has 0 radical (unpaired) electrons. The van der Waals surface area contributed by atoms with Gasteiger partial charge in [0.25, 0.3) is 0 Å². The molecular weight excluding hydrogens is 338 g/mol. The number of guanidine groups is 1. The van der Waals surface area contributed by atoms with Crippen LogP contribution >= 0.6 is 27.3 Å². The predicted molar refractivity (Wildman–Crippen MR) is 90.5 cm³/mol. The lowest BCUT2D eigenvalue weighted by atomic mass is 10.2. The van der Waals surface area contributed by atoms with E-state index in [1.807, 2.05) is 0 Å². The van der Waals surface area contributed by atoms with E-state index in [9.17, 15) is 0 Å². The van der Waals surface area contributed by atoms with Gasteiger partial charge in [0, 0.05) is 31.7 Å². The quantitative estimate of drug-likeness (QED) is 0.424. The fourth-order valence-corrected chi connectivity index (χ4v) is 2.96. The van der Waals surface area contributed by atoms with Crippen molar-refractivity contribution in [1.29, 1.82) is 0 Å². The van der Waals surface area contributed by atoms with Gasteiger partial charge in [-0.1, -0.05) is 13.8 Å². The standard InChI is InChI=1S/C14H24BrN3OS/c1-11(2)10-19-8-4-7-17-14(16-3)18-9-12-5-6-13(15)20-12/h5-6,11H,4,7-10H2,1-3H3,(H2,16,17,18). The molecule has 1 aromatic heterocycles. The summed E-state index contributed by atoms with van der Waals surface area (Å²) in [4.78, 5) is 5.48. The highest BCUT2D eigenvalue weighted by Gasteiger charge is 2.00. The summed E-state index contributed by atoms with van der Waals surface area (Å²) in [5.74, 6) is 1.43. The van der Waals surface area contributed by atoms with Crippen LogP contribution in [0.25, 0.3) is 0 Å². The fourth-order valence-electron chi connectivity index (χ4n) is 1.54. The molecule has 0 bridgehead atoms. The molecule has 0 fully saturated rings. The third-order valence-corrected chi connectivity index (χ3v) is 4.12. The normalized spacial score (nSPS) is 11.9. The zero-order valence-electron chi connectivity index (χ0n) is 12.4. The van der Waals surface area contributed by atoms with Crippen molar-refractivity contribution in [3.05, 3.63) is 20.8 Å². The summed E-state index contributed by atoms with van der Waals surface area (Å²) < 4.78 is 6.69. The van der Waals surface area contributed by atoms with Gasteiger partial charge in [-0.2, -0.15) is 0 Å². The van der Waals surface area contributed by atoms with Gasteiger partial charge in [-0.3, -0.25) is 4.99 Å². The van der Waals surface area contributed by atoms with Gasteiger partial charge in [0.1, 0.15) is 0 Å². The van der Waals surface area contributed by atoms with Crippen molar-refractivity contribution >= 4 is 33.2 Å². The molecule has 0 aliphatic rings. The maximum absolute atomic E-state index is 5.54. The average Bonchev–Trinajstić information content (AvgIpc) is 2.82. The molecule has 0 saturated carbocycles. The predicted octanol–water partition coefficient (Wildman–Crippen LogP) is 3.24. The molecule has 0 aromatic carbocycles. The first-order valence-electron chi connectivity index (χ1n) is 6.88. The number of hydrogen-bond acceptors (Lipinski definition) is 3. The van der Waals surface area contributed by atoms with Gasteiger partial charge >= 0.3 is 0 Å². The highest BCUT2D eigenvalue weighted by atomic mass is 79.9. The lowest BCUT2D eigenvalue weighted by Crippen LogP contribution is -2.37. The molecule has 0 atom stereocenters. The molecular formula is C14H24BrN3OS. The summed E-state index contributed by atoms with van der Waals surface area (Å²) in [6.45, 7) is 7.60. The Morgan fingerprint density at radius 3 is 2.80 bits per heavy atom. The minimum Gasteiger partial charge on any atom is -0.381 e. The maximum atomic E-state index is 5.54. The summed E-state index contributed by atoms with van der Waals surface area (Å²) in [6, 6.07) is 4.17. The van der Waals surface area contributed by atoms with Gasteiger partial charge in [-0.05, 0) is 40.4 Å². The fraction of sp³-hybridized carbons (Fsp3) is 0.643. The van der Waals surface area contributed by atoms with Crippen LogP contribution in [0.2, 0.25) is 0 Å². The minimum atomic E-state index is 0.600. The zero-order valence-corrected chi connectivity index (χ0v) is 14.8. The molecule has 0 spiro atoms. The van der Waals surface area contributed by atoms with Gasteiger partial charge in [-0.15, -0.1) is 11.3 Å². The van der Waals surface area contributed by atoms with E-state index >= 15 is 0 Å². The number of nitrogens with one attached hydrogen (secondary N) is 2. The molecule has 0 aliphatic carbocycles. The monoisotopic (exact) mass is 361 g/mol. The van der Waals surface area contributed by atoms with Crippen LogP contribution in [0, 0.1) is 5.92 Å². The molecule has 0 aliphatic heterocycles. The Kier molecular flexibility index (Phi) is 8.89. The molecule has 114 valence electrons. The Hall–Kier alpha value is -0.590. The Bertz CT molecular complexity index is 407. The van der Waals surface area contributed by atoms with Gasteiger partial charge in [0.15, 0.2) is 5.96 Å². The largest absolute Gasteiger partial charge is 0.381 e. The van der Waals surface area contributed by atoms with E-state index in [1.165, 1.54) is 4.88 Å². The van der Waals surface area contributed by atoms with Crippen LogP contribution in [0.15, 0.2) is 20.9 Å². The number of nitrogens with zero attached hydrogens (tertiary/aromatic N) is 1. The summed E-state index contributed by atoms with van der Waals surface area (Å²) in [5, 5.41) is 6.58. The third-order valence-electron chi connectivity index (χ3n) is 2.49. The number of halogens is 1. The summed E-state index contributed by atoms with van der Waals surface area (Å²) in [6.07, 6.45) is 0.984. The second-order valence-electron chi connectivity index (χ2n) is 4.88. The highest BCUT2D eigenvalue weighted by Crippen LogP contribution is 2.21. The van der Waals surface area contributed by atoms with E-state index in [4.69, 9.17) is 4.74 Å². The van der Waals surface area contributed by atoms with Crippen LogP contribution in [0.3, 0.4) is 0 Å². The Labute approximate surface area is 134 Å². The average molecular weight is 362 g/mol. The summed E-state index contributed by atoms with van der Waals surface area (Å²) in [5.41, 5.74) is 0. The molecule has 6 heteroatoms. The van der Waals surface area contributed by atoms with Crippen molar-refractivity contribution in [3.63, 3.8) is 0 Å². The first-order valence-corrected chi connectivity index (χ1v) is 8.49. The van der Waals surface area contributed by atoms with Crippen molar-refractivity contribution in [3.8, 4) is 0 Å². The SMILES string of the molecule is CN=C(NCCCOCC(C)C)NCc1ccc(Br)s1. The van der Waals surface area contributed by atoms with E-state index < -0.39 is 0 Å². The molecule has 1 heterocycles. The Morgan fingerprint density at radius 2 is 2.20 bits per heavy atom. The topological polar surface area (TPSA) is 45.7 Å². The van der Waals surface area contributed by atoms with Gasteiger partial charge < -0.3 is 15.4 Å². The van der Waals surface area contributed by atoms with E-state index in [0.29, 0.717) is 5.92 Å². The van der Waals surface area contributed by atoms with Crippen LogP contribution in [0.5, 0.6) is 0 Å². The van der Waals surface area contributed by atoms with Crippen molar-refractivity contribution in [2.75, 3.05) is 26.8 Å². The minimum absolute atomic E-state index is 0.600. The van der Waals surface area contributed by atoms with Crippen molar-refractivity contribution in [2.45, 2.75) is 26.8 Å². The number of hydrogen-bond donors (Lipinski definition) is 2. The first kappa shape index (κ1) is 17.5. The Morgan fingerprint density at radius 1 is 1.40 bits per heavy atom. The van der Waals surface area contributed by atoms with Crippen molar-refractivity contribution in [2.24, 2.45) is 10.9 Å². The van der Waals surface area contributed by atoms with E-state index in [-0.39, 0.29) is 0 Å². The molecule has 1 aromatic rings. The molecule has 20 heavy (non-hydrogen) atoms. The van der Waals surface area contributed by atoms with E-state index in [1.54, 1.807) is 18.4 Å². The summed E-state index contributed by atoms with van der Waals surface area (Å²) >= 11 is 5.19. The molecule has 2 N–H and O–H groups in total. The second-order valence-corrected chi connectivity index (χ2v) is 7.43. The lowest BCUT2D eigenvalue weighted by molar-refractivity contribution is 0.108. The first-order chi connectivity index (χ1) is 9.61. The second kappa shape index (κ2) is 10.2. The van der Waals surface area contributed by atoms with Crippen LogP contribution in [0.1, 0.15) is 25.1 Å². The van der Waals surface area contributed by atoms with Crippen LogP contribution in [-0.4, -0.2) is 32.8 Å². The highest BCUT2D eigenvalue weighted by molar-refractivity contribution is 9.11. The number of rotatable bonds is 8. The van der Waals surface area contributed by atoms with E-state index in [0.717, 1.165) is 42.5 Å². The molecule has 4 nitrogen and oxygen atoms in total. The van der Waals surface area contributed by atoms with Crippen LogP contribution in [-0.2, 0) is 11.3 Å². The van der Waals surface area contributed by atoms with E-state index in [2.05, 4.69) is 57.5 Å². The Balaban J connectivity index is 2.11. The lowest BCUT2D eigenvalue weighted by Gasteiger charge is -2.11. The zero-order chi connectivity index (χ0) is 14.8. The number of thiophene rings is 1. The van der Waals surface area contributed by atoms with Gasteiger partial charge in [-0.25, -0.2) is 0 Å². The van der Waals surface area contributed by atoms with Crippen LogP contribution < -0.4 is 10.6 Å². The van der Waals surface area contributed by atoms with Gasteiger partial charge in [0.05, 0.1) is 10.3 Å². The molecule has 0 saturated heterocycles. The molecule has 0 unspecified atom stereocenters. The number of ether oxygens (including phenoxy) is 1. The van der Waals surface area contributed by atoms with Gasteiger partial charge in [0.2, 0.25) is 0 Å². The van der Waals surface area contributed by atoms with Crippen molar-refractivity contribution in [1.82, 2.24) is 10.6 Å². The third kappa shape index (κ3) is 7.87.